The van der Waals surface area contributed by atoms with Crippen LogP contribution in [0.4, 0.5) is 0 Å². The lowest BCUT2D eigenvalue weighted by Gasteiger charge is -2.07. The number of hydrogen-bond donors (Lipinski definition) is 2. The van der Waals surface area contributed by atoms with Crippen molar-refractivity contribution < 1.29 is 13.5 Å². The second-order valence-electron chi connectivity index (χ2n) is 4.16. The molecule has 0 bridgehead atoms. The molecule has 1 aromatic rings. The summed E-state index contributed by atoms with van der Waals surface area (Å²) in [5.41, 5.74) is 0.796. The molecule has 0 saturated heterocycles. The Morgan fingerprint density at radius 3 is 2.42 bits per heavy atom. The largest absolute Gasteiger partial charge is 0.396 e. The van der Waals surface area contributed by atoms with Gasteiger partial charge >= 0.3 is 0 Å². The molecule has 0 unspecified atom stereocenters. The van der Waals surface area contributed by atoms with Crippen molar-refractivity contribution in [3.8, 4) is 6.07 Å². The third kappa shape index (κ3) is 5.39. The topological polar surface area (TPSA) is 90.2 Å². The Balaban J connectivity index is 2.55. The molecule has 2 N–H and O–H groups in total. The second kappa shape index (κ2) is 7.89. The highest BCUT2D eigenvalue weighted by Crippen LogP contribution is 2.11. The fourth-order valence-corrected chi connectivity index (χ4v) is 2.66. The number of sulfonamides is 1. The van der Waals surface area contributed by atoms with Crippen molar-refractivity contribution in [1.29, 1.82) is 5.26 Å². The molecule has 0 heterocycles. The summed E-state index contributed by atoms with van der Waals surface area (Å²) in [7, 11) is -3.47. The van der Waals surface area contributed by atoms with Gasteiger partial charge in [-0.2, -0.15) is 5.26 Å². The van der Waals surface area contributed by atoms with Crippen molar-refractivity contribution in [3.63, 3.8) is 0 Å². The zero-order valence-electron chi connectivity index (χ0n) is 10.7. The van der Waals surface area contributed by atoms with Crippen molar-refractivity contribution >= 4 is 10.0 Å². The zero-order chi connectivity index (χ0) is 14.1. The Morgan fingerprint density at radius 2 is 1.84 bits per heavy atom. The van der Waals surface area contributed by atoms with Crippen molar-refractivity contribution in [2.45, 2.75) is 30.6 Å². The lowest BCUT2D eigenvalue weighted by Crippen LogP contribution is -2.24. The number of rotatable bonds is 8. The van der Waals surface area contributed by atoms with Gasteiger partial charge < -0.3 is 5.11 Å². The van der Waals surface area contributed by atoms with Gasteiger partial charge in [-0.05, 0) is 37.0 Å². The molecule has 0 fully saturated rings. The molecule has 5 nitrogen and oxygen atoms in total. The number of unbranched alkanes of at least 4 members (excludes halogenated alkanes) is 2. The Bertz CT molecular complexity index is 518. The third-order valence-electron chi connectivity index (χ3n) is 2.64. The van der Waals surface area contributed by atoms with E-state index in [0.29, 0.717) is 19.4 Å². The lowest BCUT2D eigenvalue weighted by molar-refractivity contribution is 0.283. The molecule has 0 aromatic heterocycles. The van der Waals surface area contributed by atoms with Crippen LogP contribution in [0.5, 0.6) is 0 Å². The molecular weight excluding hydrogens is 264 g/mol. The highest BCUT2D eigenvalue weighted by Gasteiger charge is 2.12. The summed E-state index contributed by atoms with van der Waals surface area (Å²) >= 11 is 0. The molecule has 1 aromatic carbocycles. The van der Waals surface area contributed by atoms with Gasteiger partial charge in [-0.1, -0.05) is 12.1 Å². The van der Waals surface area contributed by atoms with Gasteiger partial charge in [0.15, 0.2) is 0 Å². The van der Waals surface area contributed by atoms with Gasteiger partial charge in [-0.25, -0.2) is 13.1 Å². The van der Waals surface area contributed by atoms with E-state index in [1.54, 1.807) is 12.1 Å². The van der Waals surface area contributed by atoms with E-state index >= 15 is 0 Å². The third-order valence-corrected chi connectivity index (χ3v) is 4.12. The molecule has 0 aliphatic heterocycles. The van der Waals surface area contributed by atoms with Gasteiger partial charge in [0.2, 0.25) is 10.0 Å². The summed E-state index contributed by atoms with van der Waals surface area (Å²) < 4.78 is 26.3. The maximum absolute atomic E-state index is 11.9. The predicted molar refractivity (Wildman–Crippen MR) is 71.9 cm³/mol. The summed E-state index contributed by atoms with van der Waals surface area (Å²) in [6, 6.07) is 8.30. The Labute approximate surface area is 113 Å². The van der Waals surface area contributed by atoms with Crippen molar-refractivity contribution in [1.82, 2.24) is 4.72 Å². The van der Waals surface area contributed by atoms with Gasteiger partial charge in [0.1, 0.15) is 0 Å². The van der Waals surface area contributed by atoms with Crippen molar-refractivity contribution in [2.24, 2.45) is 0 Å². The number of hydrogen-bond acceptors (Lipinski definition) is 4. The van der Waals surface area contributed by atoms with E-state index in [1.165, 1.54) is 12.1 Å². The molecule has 0 aliphatic carbocycles. The highest BCUT2D eigenvalue weighted by atomic mass is 32.2. The first-order valence-corrected chi connectivity index (χ1v) is 7.65. The summed E-state index contributed by atoms with van der Waals surface area (Å²) in [5.74, 6) is 0. The van der Waals surface area contributed by atoms with Gasteiger partial charge in [0.05, 0.1) is 17.4 Å². The van der Waals surface area contributed by atoms with Crippen LogP contribution in [0.2, 0.25) is 0 Å². The summed E-state index contributed by atoms with van der Waals surface area (Å²) in [4.78, 5) is 0.205. The van der Waals surface area contributed by atoms with Crippen LogP contribution in [0, 0.1) is 11.3 Å². The molecule has 1 rings (SSSR count). The van der Waals surface area contributed by atoms with Gasteiger partial charge in [0.25, 0.3) is 0 Å². The standard InChI is InChI=1S/C13H18N2O3S/c14-9-8-12-4-6-13(7-5-12)19(17,18)15-10-2-1-3-11-16/h4-7,15-16H,1-3,8,10-11H2. The van der Waals surface area contributed by atoms with Crippen molar-refractivity contribution in [3.05, 3.63) is 29.8 Å². The monoisotopic (exact) mass is 282 g/mol. The maximum Gasteiger partial charge on any atom is 0.240 e. The first kappa shape index (κ1) is 15.6. The van der Waals surface area contributed by atoms with E-state index in [-0.39, 0.29) is 17.9 Å². The van der Waals surface area contributed by atoms with Crippen LogP contribution >= 0.6 is 0 Å². The Hall–Kier alpha value is -1.42. The Kier molecular flexibility index (Phi) is 6.50. The normalized spacial score (nSPS) is 11.2. The van der Waals surface area contributed by atoms with E-state index in [0.717, 1.165) is 12.0 Å². The highest BCUT2D eigenvalue weighted by molar-refractivity contribution is 7.89. The molecule has 0 atom stereocenters. The zero-order valence-corrected chi connectivity index (χ0v) is 11.5. The molecule has 6 heteroatoms. The molecule has 0 spiro atoms. The minimum absolute atomic E-state index is 0.132. The lowest BCUT2D eigenvalue weighted by atomic mass is 10.2. The SMILES string of the molecule is N#CCc1ccc(S(=O)(=O)NCCCCCO)cc1. The van der Waals surface area contributed by atoms with Crippen LogP contribution in [-0.4, -0.2) is 26.7 Å². The molecule has 0 saturated carbocycles. The molecule has 0 amide bonds. The number of benzene rings is 1. The minimum Gasteiger partial charge on any atom is -0.396 e. The quantitative estimate of drug-likeness (QED) is 0.701. The van der Waals surface area contributed by atoms with E-state index in [9.17, 15) is 8.42 Å². The van der Waals surface area contributed by atoms with E-state index in [4.69, 9.17) is 10.4 Å². The first-order chi connectivity index (χ1) is 9.10. The molecular formula is C13H18N2O3S. The number of nitriles is 1. The number of nitrogens with one attached hydrogen (secondary N) is 1. The summed E-state index contributed by atoms with van der Waals surface area (Å²) in [6.07, 6.45) is 2.45. The van der Waals surface area contributed by atoms with Gasteiger partial charge in [0, 0.05) is 13.2 Å². The van der Waals surface area contributed by atoms with Crippen LogP contribution in [0.3, 0.4) is 0 Å². The maximum atomic E-state index is 11.9. The second-order valence-corrected chi connectivity index (χ2v) is 5.93. The smallest absolute Gasteiger partial charge is 0.240 e. The number of aliphatic hydroxyl groups excluding tert-OH is 1. The molecule has 0 radical (unpaired) electrons. The van der Waals surface area contributed by atoms with E-state index < -0.39 is 10.0 Å². The summed E-state index contributed by atoms with van der Waals surface area (Å²) in [5, 5.41) is 17.1. The van der Waals surface area contributed by atoms with E-state index in [1.807, 2.05) is 6.07 Å². The van der Waals surface area contributed by atoms with E-state index in [2.05, 4.69) is 4.72 Å². The van der Waals surface area contributed by atoms with Crippen LogP contribution in [-0.2, 0) is 16.4 Å². The van der Waals surface area contributed by atoms with Crippen LogP contribution in [0.1, 0.15) is 24.8 Å². The van der Waals surface area contributed by atoms with Crippen LogP contribution in [0.15, 0.2) is 29.2 Å². The first-order valence-electron chi connectivity index (χ1n) is 6.16. The fraction of sp³-hybridized carbons (Fsp3) is 0.462. The molecule has 104 valence electrons. The number of aliphatic hydroxyl groups is 1. The molecule has 19 heavy (non-hydrogen) atoms. The average molecular weight is 282 g/mol. The summed E-state index contributed by atoms with van der Waals surface area (Å²) in [6.45, 7) is 0.495. The average Bonchev–Trinajstić information content (AvgIpc) is 2.39. The van der Waals surface area contributed by atoms with Crippen LogP contribution in [0.25, 0.3) is 0 Å². The van der Waals surface area contributed by atoms with Gasteiger partial charge in [-0.3, -0.25) is 0 Å². The minimum atomic E-state index is -3.47. The fourth-order valence-electron chi connectivity index (χ4n) is 1.58. The number of nitrogens with zero attached hydrogens (tertiary/aromatic N) is 1. The Morgan fingerprint density at radius 1 is 1.16 bits per heavy atom. The van der Waals surface area contributed by atoms with Crippen LogP contribution < -0.4 is 4.72 Å². The predicted octanol–water partition coefficient (Wildman–Crippen LogP) is 1.19. The van der Waals surface area contributed by atoms with Crippen molar-refractivity contribution in [2.75, 3.05) is 13.2 Å². The van der Waals surface area contributed by atoms with Gasteiger partial charge in [-0.15, -0.1) is 0 Å². The molecule has 0 aliphatic rings.